The zero-order chi connectivity index (χ0) is 23.7. The number of aliphatic carboxylic acids is 2. The van der Waals surface area contributed by atoms with E-state index in [0.717, 1.165) is 44.8 Å². The van der Waals surface area contributed by atoms with Crippen molar-refractivity contribution in [2.45, 2.75) is 13.1 Å². The minimum atomic E-state index is -1.82. The number of phenols is 1. The summed E-state index contributed by atoms with van der Waals surface area (Å²) in [6.07, 6.45) is 0. The number of piperazine rings is 1. The van der Waals surface area contributed by atoms with Crippen LogP contribution in [0, 0.1) is 0 Å². The summed E-state index contributed by atoms with van der Waals surface area (Å²) in [4.78, 5) is 23.1. The third-order valence-corrected chi connectivity index (χ3v) is 5.72. The molecule has 0 amide bonds. The Bertz CT molecular complexity index is 893. The highest BCUT2D eigenvalue weighted by molar-refractivity contribution is 9.10. The first kappa shape index (κ1) is 25.4. The fraction of sp³-hybridized carbons (Fsp3) is 0.364. The molecule has 0 unspecified atom stereocenters. The van der Waals surface area contributed by atoms with Crippen molar-refractivity contribution in [2.24, 2.45) is 0 Å². The van der Waals surface area contributed by atoms with E-state index in [1.807, 2.05) is 18.2 Å². The van der Waals surface area contributed by atoms with Gasteiger partial charge in [-0.2, -0.15) is 0 Å². The molecule has 1 saturated heterocycles. The Labute approximate surface area is 194 Å². The van der Waals surface area contributed by atoms with E-state index in [1.54, 1.807) is 14.2 Å². The molecule has 1 aliphatic heterocycles. The lowest BCUT2D eigenvalue weighted by atomic mass is 10.1. The normalized spacial score (nSPS) is 14.2. The molecule has 2 aromatic carbocycles. The molecule has 3 rings (SSSR count). The molecule has 174 valence electrons. The minimum absolute atomic E-state index is 0.0528. The van der Waals surface area contributed by atoms with Gasteiger partial charge in [-0.25, -0.2) is 9.59 Å². The van der Waals surface area contributed by atoms with Crippen LogP contribution in [0.15, 0.2) is 40.9 Å². The summed E-state index contributed by atoms with van der Waals surface area (Å²) in [7, 11) is 3.11. The van der Waals surface area contributed by atoms with Crippen LogP contribution >= 0.6 is 15.9 Å². The Kier molecular flexibility index (Phi) is 9.76. The zero-order valence-electron chi connectivity index (χ0n) is 18.0. The number of rotatable bonds is 6. The SMILES string of the molecule is COc1cc(CN2CCN(Cc3ccccc3Br)CC2)cc(OC)c1O.O=C(O)C(=O)O. The number of hydrogen-bond donors (Lipinski definition) is 3. The number of benzene rings is 2. The average molecular weight is 511 g/mol. The Balaban J connectivity index is 0.000000534. The van der Waals surface area contributed by atoms with E-state index in [9.17, 15) is 5.11 Å². The fourth-order valence-electron chi connectivity index (χ4n) is 3.27. The van der Waals surface area contributed by atoms with E-state index in [-0.39, 0.29) is 5.75 Å². The van der Waals surface area contributed by atoms with Gasteiger partial charge in [0.2, 0.25) is 5.75 Å². The summed E-state index contributed by atoms with van der Waals surface area (Å²) in [6.45, 7) is 5.87. The number of ether oxygens (including phenoxy) is 2. The van der Waals surface area contributed by atoms with Crippen molar-refractivity contribution in [3.05, 3.63) is 52.0 Å². The van der Waals surface area contributed by atoms with E-state index in [1.165, 1.54) is 10.0 Å². The molecule has 0 atom stereocenters. The van der Waals surface area contributed by atoms with Crippen molar-refractivity contribution in [1.82, 2.24) is 9.80 Å². The lowest BCUT2D eigenvalue weighted by Gasteiger charge is -2.35. The second-order valence-corrected chi connectivity index (χ2v) is 7.96. The molecule has 0 spiro atoms. The second kappa shape index (κ2) is 12.3. The highest BCUT2D eigenvalue weighted by atomic mass is 79.9. The van der Waals surface area contributed by atoms with Crippen molar-refractivity contribution in [3.63, 3.8) is 0 Å². The van der Waals surface area contributed by atoms with Crippen LogP contribution in [0.4, 0.5) is 0 Å². The van der Waals surface area contributed by atoms with Gasteiger partial charge >= 0.3 is 11.9 Å². The first-order valence-corrected chi connectivity index (χ1v) is 10.6. The molecule has 0 saturated carbocycles. The number of carboxylic acids is 2. The Morgan fingerprint density at radius 2 is 1.38 bits per heavy atom. The fourth-order valence-corrected chi connectivity index (χ4v) is 3.68. The minimum Gasteiger partial charge on any atom is -0.502 e. The quantitative estimate of drug-likeness (QED) is 0.503. The first-order valence-electron chi connectivity index (χ1n) is 9.83. The highest BCUT2D eigenvalue weighted by Crippen LogP contribution is 2.37. The maximum atomic E-state index is 10.0. The van der Waals surface area contributed by atoms with Crippen LogP contribution in [0.5, 0.6) is 17.2 Å². The van der Waals surface area contributed by atoms with Gasteiger partial charge in [-0.15, -0.1) is 0 Å². The monoisotopic (exact) mass is 510 g/mol. The standard InChI is InChI=1S/C20H25BrN2O3.C2H2O4/c1-25-18-11-15(12-19(26-2)20(18)24)13-22-7-9-23(10-8-22)14-16-5-3-4-6-17(16)21;3-1(4)2(5)6/h3-6,11-12,24H,7-10,13-14H2,1-2H3;(H,3,4)(H,5,6). The van der Waals surface area contributed by atoms with Gasteiger partial charge in [0, 0.05) is 43.7 Å². The van der Waals surface area contributed by atoms with Gasteiger partial charge in [-0.3, -0.25) is 9.80 Å². The van der Waals surface area contributed by atoms with Gasteiger partial charge < -0.3 is 24.8 Å². The van der Waals surface area contributed by atoms with Gasteiger partial charge in [0.25, 0.3) is 0 Å². The predicted octanol–water partition coefficient (Wildman–Crippen LogP) is 2.65. The molecule has 32 heavy (non-hydrogen) atoms. The lowest BCUT2D eigenvalue weighted by molar-refractivity contribution is -0.159. The summed E-state index contributed by atoms with van der Waals surface area (Å²) in [6, 6.07) is 12.2. The molecule has 0 bridgehead atoms. The molecule has 1 aliphatic rings. The van der Waals surface area contributed by atoms with Crippen molar-refractivity contribution in [2.75, 3.05) is 40.4 Å². The predicted molar refractivity (Wildman–Crippen MR) is 121 cm³/mol. The van der Waals surface area contributed by atoms with E-state index < -0.39 is 11.9 Å². The van der Waals surface area contributed by atoms with E-state index in [0.29, 0.717) is 11.5 Å². The van der Waals surface area contributed by atoms with Crippen molar-refractivity contribution >= 4 is 27.9 Å². The zero-order valence-corrected chi connectivity index (χ0v) is 19.5. The molecular formula is C22H27BrN2O7. The first-order chi connectivity index (χ1) is 15.2. The number of carboxylic acid groups (broad SMARTS) is 2. The lowest BCUT2D eigenvalue weighted by Crippen LogP contribution is -2.45. The molecule has 0 aliphatic carbocycles. The highest BCUT2D eigenvalue weighted by Gasteiger charge is 2.19. The maximum Gasteiger partial charge on any atom is 0.414 e. The topological polar surface area (TPSA) is 120 Å². The second-order valence-electron chi connectivity index (χ2n) is 7.10. The van der Waals surface area contributed by atoms with Crippen LogP contribution in [-0.4, -0.2) is 77.5 Å². The molecule has 10 heteroatoms. The van der Waals surface area contributed by atoms with Crippen molar-refractivity contribution in [1.29, 1.82) is 0 Å². The van der Waals surface area contributed by atoms with Gasteiger partial charge in [0.15, 0.2) is 11.5 Å². The molecule has 3 N–H and O–H groups in total. The number of methoxy groups -OCH3 is 2. The van der Waals surface area contributed by atoms with E-state index in [2.05, 4.69) is 43.9 Å². The van der Waals surface area contributed by atoms with Gasteiger partial charge in [0.05, 0.1) is 14.2 Å². The number of halogens is 1. The van der Waals surface area contributed by atoms with Crippen molar-refractivity contribution in [3.8, 4) is 17.2 Å². The number of aromatic hydroxyl groups is 1. The summed E-state index contributed by atoms with van der Waals surface area (Å²) in [5, 5.41) is 24.8. The van der Waals surface area contributed by atoms with Crippen molar-refractivity contribution < 1.29 is 34.4 Å². The number of phenolic OH excluding ortho intramolecular Hbond substituents is 1. The molecular weight excluding hydrogens is 484 g/mol. The van der Waals surface area contributed by atoms with E-state index >= 15 is 0 Å². The smallest absolute Gasteiger partial charge is 0.414 e. The van der Waals surface area contributed by atoms with Crippen LogP contribution in [0.25, 0.3) is 0 Å². The van der Waals surface area contributed by atoms with Gasteiger partial charge in [-0.1, -0.05) is 34.1 Å². The molecule has 0 radical (unpaired) electrons. The molecule has 1 heterocycles. The van der Waals surface area contributed by atoms with Crippen LogP contribution < -0.4 is 9.47 Å². The third-order valence-electron chi connectivity index (χ3n) is 4.95. The summed E-state index contributed by atoms with van der Waals surface area (Å²) >= 11 is 3.63. The van der Waals surface area contributed by atoms with Gasteiger partial charge in [-0.05, 0) is 29.3 Å². The Hall–Kier alpha value is -2.82. The maximum absolute atomic E-state index is 10.0. The summed E-state index contributed by atoms with van der Waals surface area (Å²) < 4.78 is 11.7. The molecule has 1 fully saturated rings. The number of carbonyl (C=O) groups is 2. The largest absolute Gasteiger partial charge is 0.502 e. The van der Waals surface area contributed by atoms with E-state index in [4.69, 9.17) is 29.3 Å². The Morgan fingerprint density at radius 3 is 1.81 bits per heavy atom. The molecule has 2 aromatic rings. The molecule has 9 nitrogen and oxygen atoms in total. The van der Waals surface area contributed by atoms with Crippen LogP contribution in [0.1, 0.15) is 11.1 Å². The number of hydrogen-bond acceptors (Lipinski definition) is 7. The van der Waals surface area contributed by atoms with Gasteiger partial charge in [0.1, 0.15) is 0 Å². The summed E-state index contributed by atoms with van der Waals surface area (Å²) in [5.74, 6) is -2.69. The third kappa shape index (κ3) is 7.40. The average Bonchev–Trinajstić information content (AvgIpc) is 2.78. The van der Waals surface area contributed by atoms with Crippen LogP contribution in [0.2, 0.25) is 0 Å². The molecule has 0 aromatic heterocycles. The number of nitrogens with zero attached hydrogens (tertiary/aromatic N) is 2. The van der Waals surface area contributed by atoms with Crippen LogP contribution in [-0.2, 0) is 22.7 Å². The summed E-state index contributed by atoms with van der Waals surface area (Å²) in [5.41, 5.74) is 2.41. The van der Waals surface area contributed by atoms with Crippen LogP contribution in [0.3, 0.4) is 0 Å². The Morgan fingerprint density at radius 1 is 0.906 bits per heavy atom.